The summed E-state index contributed by atoms with van der Waals surface area (Å²) in [5, 5.41) is 2.89. The van der Waals surface area contributed by atoms with Gasteiger partial charge in [0.2, 0.25) is 0 Å². The van der Waals surface area contributed by atoms with Crippen molar-refractivity contribution in [2.75, 3.05) is 26.3 Å². The molecule has 142 valence electrons. The fourth-order valence-corrected chi connectivity index (χ4v) is 3.10. The monoisotopic (exact) mass is 376 g/mol. The third kappa shape index (κ3) is 3.99. The van der Waals surface area contributed by atoms with Crippen LogP contribution >= 0.6 is 0 Å². The first kappa shape index (κ1) is 18.1. The van der Waals surface area contributed by atoms with Gasteiger partial charge in [0.05, 0.1) is 24.2 Å². The maximum Gasteiger partial charge on any atom is 0.254 e. The van der Waals surface area contributed by atoms with Gasteiger partial charge >= 0.3 is 0 Å². The highest BCUT2D eigenvalue weighted by Crippen LogP contribution is 2.12. The number of amides is 2. The third-order valence-corrected chi connectivity index (χ3v) is 4.68. The summed E-state index contributed by atoms with van der Waals surface area (Å²) in [6, 6.07) is 12.6. The highest BCUT2D eigenvalue weighted by molar-refractivity contribution is 5.97. The molecule has 1 N–H and O–H groups in total. The average molecular weight is 376 g/mol. The van der Waals surface area contributed by atoms with Crippen molar-refractivity contribution in [1.82, 2.24) is 20.2 Å². The molecule has 1 aromatic heterocycles. The molecule has 3 aromatic rings. The Kier molecular flexibility index (Phi) is 5.25. The van der Waals surface area contributed by atoms with E-state index in [9.17, 15) is 9.59 Å². The van der Waals surface area contributed by atoms with Gasteiger partial charge in [-0.1, -0.05) is 12.1 Å². The van der Waals surface area contributed by atoms with Crippen molar-refractivity contribution in [2.24, 2.45) is 0 Å². The molecule has 0 spiro atoms. The summed E-state index contributed by atoms with van der Waals surface area (Å²) in [6.07, 6.45) is 3.22. The van der Waals surface area contributed by atoms with Crippen LogP contribution < -0.4 is 5.32 Å². The molecule has 1 saturated heterocycles. The summed E-state index contributed by atoms with van der Waals surface area (Å²) < 4.78 is 5.28. The first-order valence-electron chi connectivity index (χ1n) is 9.16. The van der Waals surface area contributed by atoms with E-state index >= 15 is 0 Å². The molecule has 2 aromatic carbocycles. The number of benzene rings is 2. The van der Waals surface area contributed by atoms with Gasteiger partial charge in [-0.05, 0) is 35.9 Å². The molecule has 0 saturated carbocycles. The van der Waals surface area contributed by atoms with Crippen LogP contribution in [0.4, 0.5) is 0 Å². The standard InChI is InChI=1S/C21H20N4O3/c26-20(17-5-6-18-19(13-17)23-8-7-22-18)24-14-15-1-3-16(4-2-15)21(27)25-9-11-28-12-10-25/h1-8,13H,9-12,14H2,(H,24,26). The van der Waals surface area contributed by atoms with Crippen LogP contribution in [0.2, 0.25) is 0 Å². The van der Waals surface area contributed by atoms with E-state index in [0.29, 0.717) is 49.5 Å². The van der Waals surface area contributed by atoms with E-state index in [1.807, 2.05) is 12.1 Å². The number of fused-ring (bicyclic) bond motifs is 1. The first-order chi connectivity index (χ1) is 13.7. The molecule has 0 radical (unpaired) electrons. The number of ether oxygens (including phenoxy) is 1. The van der Waals surface area contributed by atoms with Crippen LogP contribution in [0.25, 0.3) is 11.0 Å². The van der Waals surface area contributed by atoms with Gasteiger partial charge in [-0.3, -0.25) is 19.6 Å². The summed E-state index contributed by atoms with van der Waals surface area (Å²) in [6.45, 7) is 2.77. The lowest BCUT2D eigenvalue weighted by molar-refractivity contribution is 0.0303. The molecule has 0 bridgehead atoms. The minimum absolute atomic E-state index is 0.0103. The zero-order valence-corrected chi connectivity index (χ0v) is 15.3. The SMILES string of the molecule is O=C(NCc1ccc(C(=O)N2CCOCC2)cc1)c1ccc2nccnc2c1. The van der Waals surface area contributed by atoms with Gasteiger partial charge in [-0.15, -0.1) is 0 Å². The molecule has 0 unspecified atom stereocenters. The van der Waals surface area contributed by atoms with Crippen LogP contribution in [0.1, 0.15) is 26.3 Å². The number of nitrogens with zero attached hydrogens (tertiary/aromatic N) is 3. The van der Waals surface area contributed by atoms with Crippen LogP contribution in [-0.2, 0) is 11.3 Å². The summed E-state index contributed by atoms with van der Waals surface area (Å²) in [7, 11) is 0. The van der Waals surface area contributed by atoms with Crippen LogP contribution in [-0.4, -0.2) is 53.0 Å². The minimum Gasteiger partial charge on any atom is -0.378 e. The predicted octanol–water partition coefficient (Wildman–Crippen LogP) is 2.03. The quantitative estimate of drug-likeness (QED) is 0.753. The van der Waals surface area contributed by atoms with E-state index in [1.54, 1.807) is 47.6 Å². The number of carbonyl (C=O) groups is 2. The Morgan fingerprint density at radius 3 is 2.36 bits per heavy atom. The average Bonchev–Trinajstić information content (AvgIpc) is 2.77. The lowest BCUT2D eigenvalue weighted by Gasteiger charge is -2.26. The molecular weight excluding hydrogens is 356 g/mol. The lowest BCUT2D eigenvalue weighted by Crippen LogP contribution is -2.40. The van der Waals surface area contributed by atoms with Crippen LogP contribution in [0.15, 0.2) is 54.9 Å². The van der Waals surface area contributed by atoms with Crippen LogP contribution in [0.3, 0.4) is 0 Å². The molecular formula is C21H20N4O3. The van der Waals surface area contributed by atoms with E-state index in [4.69, 9.17) is 4.74 Å². The molecule has 7 nitrogen and oxygen atoms in total. The number of rotatable bonds is 4. The van der Waals surface area contributed by atoms with E-state index in [0.717, 1.165) is 11.1 Å². The zero-order chi connectivity index (χ0) is 19.3. The van der Waals surface area contributed by atoms with Crippen molar-refractivity contribution < 1.29 is 14.3 Å². The van der Waals surface area contributed by atoms with Crippen molar-refractivity contribution in [3.05, 3.63) is 71.5 Å². The van der Waals surface area contributed by atoms with Gasteiger partial charge in [0.25, 0.3) is 11.8 Å². The summed E-state index contributed by atoms with van der Waals surface area (Å²) in [4.78, 5) is 35.1. The Bertz CT molecular complexity index is 998. The van der Waals surface area contributed by atoms with E-state index in [-0.39, 0.29) is 11.8 Å². The van der Waals surface area contributed by atoms with Gasteiger partial charge in [0.15, 0.2) is 0 Å². The van der Waals surface area contributed by atoms with E-state index in [2.05, 4.69) is 15.3 Å². The normalized spacial score (nSPS) is 14.1. The Balaban J connectivity index is 1.37. The number of aromatic nitrogens is 2. The third-order valence-electron chi connectivity index (χ3n) is 4.68. The van der Waals surface area contributed by atoms with E-state index in [1.165, 1.54) is 0 Å². The van der Waals surface area contributed by atoms with Crippen molar-refractivity contribution in [2.45, 2.75) is 6.54 Å². The van der Waals surface area contributed by atoms with Crippen molar-refractivity contribution in [3.8, 4) is 0 Å². The Labute approximate surface area is 162 Å². The largest absolute Gasteiger partial charge is 0.378 e. The zero-order valence-electron chi connectivity index (χ0n) is 15.3. The molecule has 0 atom stereocenters. The number of carbonyl (C=O) groups excluding carboxylic acids is 2. The minimum atomic E-state index is -0.180. The highest BCUT2D eigenvalue weighted by atomic mass is 16.5. The molecule has 2 amide bonds. The molecule has 7 heteroatoms. The van der Waals surface area contributed by atoms with Crippen LogP contribution in [0, 0.1) is 0 Å². The second-order valence-electron chi connectivity index (χ2n) is 6.54. The number of morpholine rings is 1. The summed E-state index contributed by atoms with van der Waals surface area (Å²) in [5.74, 6) is -0.169. The van der Waals surface area contributed by atoms with Crippen molar-refractivity contribution in [1.29, 1.82) is 0 Å². The molecule has 1 fully saturated rings. The van der Waals surface area contributed by atoms with Gasteiger partial charge < -0.3 is 15.0 Å². The smallest absolute Gasteiger partial charge is 0.254 e. The predicted molar refractivity (Wildman–Crippen MR) is 104 cm³/mol. The second kappa shape index (κ2) is 8.14. The Hall–Kier alpha value is -3.32. The molecule has 1 aliphatic heterocycles. The van der Waals surface area contributed by atoms with Gasteiger partial charge in [0.1, 0.15) is 0 Å². The van der Waals surface area contributed by atoms with Gasteiger partial charge in [-0.25, -0.2) is 0 Å². The molecule has 1 aliphatic rings. The summed E-state index contributed by atoms with van der Waals surface area (Å²) >= 11 is 0. The fourth-order valence-electron chi connectivity index (χ4n) is 3.10. The van der Waals surface area contributed by atoms with Crippen LogP contribution in [0.5, 0.6) is 0 Å². The Morgan fingerprint density at radius 2 is 1.61 bits per heavy atom. The lowest BCUT2D eigenvalue weighted by atomic mass is 10.1. The van der Waals surface area contributed by atoms with Crippen molar-refractivity contribution in [3.63, 3.8) is 0 Å². The topological polar surface area (TPSA) is 84.4 Å². The highest BCUT2D eigenvalue weighted by Gasteiger charge is 2.18. The molecule has 28 heavy (non-hydrogen) atoms. The molecule has 0 aliphatic carbocycles. The van der Waals surface area contributed by atoms with E-state index < -0.39 is 0 Å². The number of nitrogens with one attached hydrogen (secondary N) is 1. The second-order valence-corrected chi connectivity index (χ2v) is 6.54. The van der Waals surface area contributed by atoms with Gasteiger partial charge in [0, 0.05) is 43.2 Å². The number of hydrogen-bond acceptors (Lipinski definition) is 5. The first-order valence-corrected chi connectivity index (χ1v) is 9.16. The fraction of sp³-hybridized carbons (Fsp3) is 0.238. The Morgan fingerprint density at radius 1 is 0.929 bits per heavy atom. The maximum absolute atomic E-state index is 12.5. The maximum atomic E-state index is 12.5. The molecule has 4 rings (SSSR count). The van der Waals surface area contributed by atoms with Crippen molar-refractivity contribution >= 4 is 22.8 Å². The number of hydrogen-bond donors (Lipinski definition) is 1. The summed E-state index contributed by atoms with van der Waals surface area (Å²) in [5.41, 5.74) is 3.53. The van der Waals surface area contributed by atoms with Gasteiger partial charge in [-0.2, -0.15) is 0 Å². The molecule has 2 heterocycles.